The van der Waals surface area contributed by atoms with Crippen molar-refractivity contribution in [3.63, 3.8) is 0 Å². The Kier molecular flexibility index (Phi) is 5.78. The summed E-state index contributed by atoms with van der Waals surface area (Å²) in [4.78, 5) is 6.97. The van der Waals surface area contributed by atoms with Crippen molar-refractivity contribution in [3.05, 3.63) is 35.4 Å². The topological polar surface area (TPSA) is 46.1 Å². The van der Waals surface area contributed by atoms with Gasteiger partial charge in [-0.1, -0.05) is 24.3 Å². The first kappa shape index (κ1) is 19.4. The molecule has 0 spiro atoms. The lowest BCUT2D eigenvalue weighted by molar-refractivity contribution is -0.0721. The second kappa shape index (κ2) is 8.65. The van der Waals surface area contributed by atoms with Crippen molar-refractivity contribution in [2.24, 2.45) is 16.8 Å². The minimum absolute atomic E-state index is 0.319. The van der Waals surface area contributed by atoms with Crippen molar-refractivity contribution in [2.75, 3.05) is 39.9 Å². The smallest absolute Gasteiger partial charge is 0.193 e. The molecule has 2 aliphatic heterocycles. The molecule has 0 radical (unpaired) electrons. The van der Waals surface area contributed by atoms with E-state index in [4.69, 9.17) is 9.47 Å². The molecule has 1 saturated carbocycles. The summed E-state index contributed by atoms with van der Waals surface area (Å²) in [7, 11) is 1.91. The van der Waals surface area contributed by atoms with Gasteiger partial charge in [0.15, 0.2) is 5.96 Å². The van der Waals surface area contributed by atoms with Gasteiger partial charge in [0.05, 0.1) is 18.8 Å². The Labute approximate surface area is 174 Å². The number of fused-ring (bicyclic) bond motifs is 3. The summed E-state index contributed by atoms with van der Waals surface area (Å²) in [5.74, 6) is 3.47. The van der Waals surface area contributed by atoms with E-state index in [9.17, 15) is 0 Å². The van der Waals surface area contributed by atoms with Crippen molar-refractivity contribution >= 4 is 5.96 Å². The van der Waals surface area contributed by atoms with Crippen LogP contribution in [0.2, 0.25) is 0 Å². The lowest BCUT2D eigenvalue weighted by atomic mass is 10.0. The molecule has 1 N–H and O–H groups in total. The van der Waals surface area contributed by atoms with E-state index in [1.54, 1.807) is 11.1 Å². The molecule has 158 valence electrons. The molecule has 2 saturated heterocycles. The lowest BCUT2D eigenvalue weighted by Gasteiger charge is -2.35. The molecule has 4 atom stereocenters. The highest BCUT2D eigenvalue weighted by Gasteiger charge is 2.55. The van der Waals surface area contributed by atoms with Gasteiger partial charge in [0.1, 0.15) is 0 Å². The molecule has 5 heteroatoms. The van der Waals surface area contributed by atoms with Crippen LogP contribution in [-0.4, -0.2) is 63.0 Å². The van der Waals surface area contributed by atoms with Gasteiger partial charge in [-0.3, -0.25) is 4.99 Å². The minimum Gasteiger partial charge on any atom is -0.376 e. The summed E-state index contributed by atoms with van der Waals surface area (Å²) in [5.41, 5.74) is 3.17. The maximum Gasteiger partial charge on any atom is 0.193 e. The molecule has 29 heavy (non-hydrogen) atoms. The number of hydrogen-bond acceptors (Lipinski definition) is 3. The number of guanidine groups is 1. The van der Waals surface area contributed by atoms with Crippen molar-refractivity contribution < 1.29 is 9.47 Å². The average Bonchev–Trinajstić information content (AvgIpc) is 3.31. The van der Waals surface area contributed by atoms with Gasteiger partial charge in [0.2, 0.25) is 0 Å². The molecule has 4 unspecified atom stereocenters. The quantitative estimate of drug-likeness (QED) is 0.612. The van der Waals surface area contributed by atoms with Gasteiger partial charge in [-0.15, -0.1) is 0 Å². The molecule has 5 nitrogen and oxygen atoms in total. The molecule has 4 aliphatic rings. The molecule has 0 bridgehead atoms. The highest BCUT2D eigenvalue weighted by molar-refractivity contribution is 5.80. The largest absolute Gasteiger partial charge is 0.376 e. The molecule has 2 aliphatic carbocycles. The molecule has 3 fully saturated rings. The first-order valence-electron chi connectivity index (χ1n) is 11.6. The fraction of sp³-hybridized carbons (Fsp3) is 0.708. The predicted molar refractivity (Wildman–Crippen MR) is 115 cm³/mol. The van der Waals surface area contributed by atoms with Gasteiger partial charge in [-0.2, -0.15) is 0 Å². The zero-order valence-corrected chi connectivity index (χ0v) is 17.7. The zero-order valence-electron chi connectivity index (χ0n) is 17.7. The van der Waals surface area contributed by atoms with Crippen LogP contribution in [0.4, 0.5) is 0 Å². The van der Waals surface area contributed by atoms with E-state index >= 15 is 0 Å². The van der Waals surface area contributed by atoms with Crippen molar-refractivity contribution in [1.29, 1.82) is 0 Å². The molecule has 0 amide bonds. The Morgan fingerprint density at radius 3 is 2.86 bits per heavy atom. The summed E-state index contributed by atoms with van der Waals surface area (Å²) in [6.07, 6.45) is 7.75. The van der Waals surface area contributed by atoms with Crippen molar-refractivity contribution in [2.45, 2.75) is 56.7 Å². The van der Waals surface area contributed by atoms with Crippen LogP contribution < -0.4 is 5.32 Å². The predicted octanol–water partition coefficient (Wildman–Crippen LogP) is 3.20. The Balaban J connectivity index is 1.04. The van der Waals surface area contributed by atoms with Crippen molar-refractivity contribution in [3.8, 4) is 0 Å². The fourth-order valence-electron chi connectivity index (χ4n) is 5.72. The monoisotopic (exact) mass is 397 g/mol. The normalized spacial score (nSPS) is 32.0. The van der Waals surface area contributed by atoms with E-state index in [0.717, 1.165) is 75.8 Å². The maximum atomic E-state index is 6.16. The summed E-state index contributed by atoms with van der Waals surface area (Å²) in [5, 5.41) is 3.67. The van der Waals surface area contributed by atoms with Gasteiger partial charge in [-0.05, 0) is 67.4 Å². The molecular weight excluding hydrogens is 362 g/mol. The summed E-state index contributed by atoms with van der Waals surface area (Å²) < 4.78 is 12.0. The van der Waals surface area contributed by atoms with Crippen molar-refractivity contribution in [1.82, 2.24) is 10.2 Å². The maximum absolute atomic E-state index is 6.16. The second-order valence-electron chi connectivity index (χ2n) is 9.19. The number of benzene rings is 1. The standard InChI is InChI=1S/C24H35N3O2/c1-25-24(26-15-22-21-14-17-6-2-3-8-20(17)23(21)22)27-11-9-18(10-12-27)29-16-19-7-4-5-13-28-19/h2-3,6,8,18-19,21-23H,4-5,7,9-16H2,1H3,(H,25,26). The van der Waals surface area contributed by atoms with Gasteiger partial charge in [0.25, 0.3) is 0 Å². The summed E-state index contributed by atoms with van der Waals surface area (Å²) in [6, 6.07) is 9.00. The fourth-order valence-corrected chi connectivity index (χ4v) is 5.72. The Morgan fingerprint density at radius 1 is 1.21 bits per heavy atom. The van der Waals surface area contributed by atoms with Crippen LogP contribution in [0.15, 0.2) is 29.3 Å². The first-order valence-corrected chi connectivity index (χ1v) is 11.6. The third-order valence-electron chi connectivity index (χ3n) is 7.44. The number of nitrogens with one attached hydrogen (secondary N) is 1. The molecule has 2 heterocycles. The third kappa shape index (κ3) is 4.17. The number of nitrogens with zero attached hydrogens (tertiary/aromatic N) is 2. The lowest BCUT2D eigenvalue weighted by Crippen LogP contribution is -2.47. The van der Waals surface area contributed by atoms with Gasteiger partial charge in [-0.25, -0.2) is 0 Å². The number of rotatable bonds is 5. The third-order valence-corrected chi connectivity index (χ3v) is 7.44. The summed E-state index contributed by atoms with van der Waals surface area (Å²) in [6.45, 7) is 4.77. The Hall–Kier alpha value is -1.59. The van der Waals surface area contributed by atoms with Crippen LogP contribution in [0.1, 0.15) is 49.1 Å². The van der Waals surface area contributed by atoms with Gasteiger partial charge >= 0.3 is 0 Å². The van der Waals surface area contributed by atoms with Crippen LogP contribution in [0, 0.1) is 11.8 Å². The van der Waals surface area contributed by atoms with E-state index in [1.807, 2.05) is 7.05 Å². The molecule has 0 aromatic heterocycles. The number of hydrogen-bond donors (Lipinski definition) is 1. The second-order valence-corrected chi connectivity index (χ2v) is 9.19. The molecule has 5 rings (SSSR count). The average molecular weight is 398 g/mol. The van der Waals surface area contributed by atoms with E-state index in [-0.39, 0.29) is 0 Å². The highest BCUT2D eigenvalue weighted by atomic mass is 16.5. The number of likely N-dealkylation sites (tertiary alicyclic amines) is 1. The Morgan fingerprint density at radius 2 is 2.07 bits per heavy atom. The summed E-state index contributed by atoms with van der Waals surface area (Å²) >= 11 is 0. The van der Waals surface area contributed by atoms with E-state index in [2.05, 4.69) is 39.5 Å². The van der Waals surface area contributed by atoms with E-state index in [1.165, 1.54) is 19.3 Å². The highest BCUT2D eigenvalue weighted by Crippen LogP contribution is 2.60. The van der Waals surface area contributed by atoms with E-state index in [0.29, 0.717) is 12.2 Å². The van der Waals surface area contributed by atoms with Crippen LogP contribution in [0.25, 0.3) is 0 Å². The van der Waals surface area contributed by atoms with Crippen LogP contribution >= 0.6 is 0 Å². The minimum atomic E-state index is 0.319. The van der Waals surface area contributed by atoms with Crippen LogP contribution in [0.5, 0.6) is 0 Å². The number of ether oxygens (including phenoxy) is 2. The number of piperidine rings is 1. The number of aliphatic imine (C=N–C) groups is 1. The van der Waals surface area contributed by atoms with Gasteiger partial charge < -0.3 is 19.7 Å². The first-order chi connectivity index (χ1) is 14.3. The molecule has 1 aromatic carbocycles. The van der Waals surface area contributed by atoms with Crippen LogP contribution in [-0.2, 0) is 15.9 Å². The van der Waals surface area contributed by atoms with Gasteiger partial charge in [0, 0.05) is 33.3 Å². The van der Waals surface area contributed by atoms with Crippen LogP contribution in [0.3, 0.4) is 0 Å². The Bertz CT molecular complexity index is 723. The molecule has 1 aromatic rings. The molecular formula is C24H35N3O2. The SMILES string of the molecule is CN=C(NCC1C2Cc3ccccc3C12)N1CCC(OCC2CCCCO2)CC1. The van der Waals surface area contributed by atoms with E-state index < -0.39 is 0 Å². The zero-order chi connectivity index (χ0) is 19.6.